The molecule has 2 aromatic carbocycles. The monoisotopic (exact) mass is 428 g/mol. The summed E-state index contributed by atoms with van der Waals surface area (Å²) >= 11 is 0. The fraction of sp³-hybridized carbons (Fsp3) is 0.261. The number of hydrogen-bond donors (Lipinski definition) is 2. The van der Waals surface area contributed by atoms with Gasteiger partial charge in [0.05, 0.1) is 22.5 Å². The van der Waals surface area contributed by atoms with Gasteiger partial charge in [-0.3, -0.25) is 4.57 Å². The van der Waals surface area contributed by atoms with Crippen molar-refractivity contribution in [1.29, 1.82) is 0 Å². The molecule has 0 aliphatic carbocycles. The molecule has 4 nitrogen and oxygen atoms in total. The molecule has 31 heavy (non-hydrogen) atoms. The molecule has 0 saturated carbocycles. The van der Waals surface area contributed by atoms with Gasteiger partial charge in [-0.25, -0.2) is 9.37 Å². The van der Waals surface area contributed by atoms with Crippen LogP contribution in [0.25, 0.3) is 27.7 Å². The number of fused-ring (bicyclic) bond motifs is 4. The molecular weight excluding hydrogens is 408 g/mol. The van der Waals surface area contributed by atoms with Gasteiger partial charge in [0.25, 0.3) is 0 Å². The molecule has 0 amide bonds. The molecule has 0 atom stereocenters. The third kappa shape index (κ3) is 2.77. The highest BCUT2D eigenvalue weighted by atomic mass is 19.4. The molecule has 1 aliphatic heterocycles. The number of halogens is 4. The highest BCUT2D eigenvalue weighted by molar-refractivity contribution is 5.98. The van der Waals surface area contributed by atoms with Crippen LogP contribution in [-0.4, -0.2) is 14.5 Å². The van der Waals surface area contributed by atoms with E-state index in [1.54, 1.807) is 25.4 Å². The standard InChI is InChI=1S/C23H20F4N4/c1-11-10-29-21-22(3,4)30-18-9-16(24)19(12(2)20(18)31(11)21)15-7-13(23(25,26)27)8-17-14(15)5-6-28-17/h5-10,28,30H,1-4H3. The third-order valence-electron chi connectivity index (χ3n) is 5.93. The van der Waals surface area contributed by atoms with Gasteiger partial charge in [-0.1, -0.05) is 0 Å². The number of nitrogens with zero attached hydrogens (tertiary/aromatic N) is 2. The predicted molar refractivity (Wildman–Crippen MR) is 112 cm³/mol. The van der Waals surface area contributed by atoms with Crippen LogP contribution in [0.2, 0.25) is 0 Å². The van der Waals surface area contributed by atoms with E-state index in [9.17, 15) is 13.2 Å². The van der Waals surface area contributed by atoms with E-state index in [-0.39, 0.29) is 11.1 Å². The normalized spacial score (nSPS) is 15.0. The Bertz CT molecular complexity index is 1360. The number of alkyl halides is 3. The van der Waals surface area contributed by atoms with Crippen LogP contribution in [0.4, 0.5) is 23.2 Å². The Kier molecular flexibility index (Phi) is 3.88. The summed E-state index contributed by atoms with van der Waals surface area (Å²) in [5, 5.41) is 3.85. The van der Waals surface area contributed by atoms with E-state index in [0.29, 0.717) is 27.8 Å². The van der Waals surface area contributed by atoms with Gasteiger partial charge in [-0.2, -0.15) is 13.2 Å². The first-order valence-corrected chi connectivity index (χ1v) is 9.84. The van der Waals surface area contributed by atoms with Crippen LogP contribution in [0.1, 0.15) is 36.5 Å². The Morgan fingerprint density at radius 1 is 1.10 bits per heavy atom. The molecular formula is C23H20F4N4. The van der Waals surface area contributed by atoms with Gasteiger partial charge in [-0.15, -0.1) is 0 Å². The number of imidazole rings is 1. The second-order valence-electron chi connectivity index (χ2n) is 8.52. The molecule has 0 radical (unpaired) electrons. The zero-order valence-electron chi connectivity index (χ0n) is 17.4. The number of nitrogens with one attached hydrogen (secondary N) is 2. The summed E-state index contributed by atoms with van der Waals surface area (Å²) in [6.45, 7) is 7.54. The Labute approximate surface area is 175 Å². The average molecular weight is 428 g/mol. The minimum absolute atomic E-state index is 0.148. The van der Waals surface area contributed by atoms with Crippen LogP contribution in [0.15, 0.2) is 36.7 Å². The molecule has 8 heteroatoms. The lowest BCUT2D eigenvalue weighted by molar-refractivity contribution is -0.137. The van der Waals surface area contributed by atoms with E-state index in [0.717, 1.165) is 23.7 Å². The van der Waals surface area contributed by atoms with Crippen molar-refractivity contribution in [3.63, 3.8) is 0 Å². The fourth-order valence-corrected chi connectivity index (χ4v) is 4.57. The van der Waals surface area contributed by atoms with E-state index < -0.39 is 23.1 Å². The third-order valence-corrected chi connectivity index (χ3v) is 5.93. The number of rotatable bonds is 1. The van der Waals surface area contributed by atoms with Crippen LogP contribution >= 0.6 is 0 Å². The largest absolute Gasteiger partial charge is 0.416 e. The summed E-state index contributed by atoms with van der Waals surface area (Å²) < 4.78 is 58.1. The number of aromatic nitrogens is 3. The number of aryl methyl sites for hydroxylation is 1. The smallest absolute Gasteiger partial charge is 0.371 e. The fourth-order valence-electron chi connectivity index (χ4n) is 4.57. The lowest BCUT2D eigenvalue weighted by Crippen LogP contribution is -2.36. The topological polar surface area (TPSA) is 45.6 Å². The van der Waals surface area contributed by atoms with Crippen LogP contribution < -0.4 is 5.32 Å². The van der Waals surface area contributed by atoms with Crippen molar-refractivity contribution < 1.29 is 17.6 Å². The molecule has 5 rings (SSSR count). The van der Waals surface area contributed by atoms with E-state index in [4.69, 9.17) is 0 Å². The van der Waals surface area contributed by atoms with Gasteiger partial charge in [0.2, 0.25) is 0 Å². The summed E-state index contributed by atoms with van der Waals surface area (Å²) in [5.74, 6) is 0.177. The van der Waals surface area contributed by atoms with Crippen molar-refractivity contribution in [1.82, 2.24) is 14.5 Å². The second kappa shape index (κ2) is 6.12. The maximum absolute atomic E-state index is 15.5. The van der Waals surface area contributed by atoms with Gasteiger partial charge in [0.15, 0.2) is 0 Å². The van der Waals surface area contributed by atoms with Gasteiger partial charge >= 0.3 is 6.18 Å². The Balaban J connectivity index is 1.86. The van der Waals surface area contributed by atoms with Crippen LogP contribution in [0.5, 0.6) is 0 Å². The lowest BCUT2D eigenvalue weighted by atomic mass is 9.91. The Hall–Kier alpha value is -3.29. The van der Waals surface area contributed by atoms with E-state index in [2.05, 4.69) is 15.3 Å². The second-order valence-corrected chi connectivity index (χ2v) is 8.52. The molecule has 0 fully saturated rings. The Morgan fingerprint density at radius 3 is 2.55 bits per heavy atom. The van der Waals surface area contributed by atoms with Crippen molar-refractivity contribution in [2.45, 2.75) is 39.4 Å². The maximum Gasteiger partial charge on any atom is 0.416 e. The SMILES string of the molecule is Cc1c(-c2cc(C(F)(F)F)cc3[nH]ccc23)c(F)cc2c1-n1c(C)cnc1C(C)(C)N2. The first-order valence-electron chi connectivity index (χ1n) is 9.84. The summed E-state index contributed by atoms with van der Waals surface area (Å²) in [7, 11) is 0. The first kappa shape index (κ1) is 19.7. The zero-order valence-corrected chi connectivity index (χ0v) is 17.4. The highest BCUT2D eigenvalue weighted by Crippen LogP contribution is 2.45. The lowest BCUT2D eigenvalue weighted by Gasteiger charge is -2.36. The van der Waals surface area contributed by atoms with Crippen molar-refractivity contribution in [3.8, 4) is 16.8 Å². The molecule has 0 spiro atoms. The molecule has 4 aromatic rings. The maximum atomic E-state index is 15.5. The molecule has 0 bridgehead atoms. The minimum atomic E-state index is -4.55. The van der Waals surface area contributed by atoms with Crippen LogP contribution in [0, 0.1) is 19.7 Å². The summed E-state index contributed by atoms with van der Waals surface area (Å²) in [5.41, 5.74) is 1.97. The molecule has 2 aromatic heterocycles. The van der Waals surface area contributed by atoms with Crippen molar-refractivity contribution >= 4 is 16.6 Å². The van der Waals surface area contributed by atoms with Gasteiger partial charge in [0.1, 0.15) is 11.6 Å². The van der Waals surface area contributed by atoms with Crippen molar-refractivity contribution in [2.75, 3.05) is 5.32 Å². The molecule has 2 N–H and O–H groups in total. The number of benzene rings is 2. The number of H-pyrrole nitrogens is 1. The van der Waals surface area contributed by atoms with Gasteiger partial charge < -0.3 is 10.3 Å². The number of anilines is 1. The van der Waals surface area contributed by atoms with Gasteiger partial charge in [-0.05, 0) is 63.1 Å². The minimum Gasteiger partial charge on any atom is -0.371 e. The summed E-state index contributed by atoms with van der Waals surface area (Å²) in [4.78, 5) is 7.34. The summed E-state index contributed by atoms with van der Waals surface area (Å²) in [6, 6.07) is 5.10. The molecule has 160 valence electrons. The van der Waals surface area contributed by atoms with Crippen molar-refractivity contribution in [3.05, 3.63) is 65.1 Å². The molecule has 0 unspecified atom stereocenters. The highest BCUT2D eigenvalue weighted by Gasteiger charge is 2.36. The molecule has 0 saturated heterocycles. The van der Waals surface area contributed by atoms with Crippen molar-refractivity contribution in [2.24, 2.45) is 0 Å². The van der Waals surface area contributed by atoms with Crippen LogP contribution in [0.3, 0.4) is 0 Å². The number of hydrogen-bond acceptors (Lipinski definition) is 2. The quantitative estimate of drug-likeness (QED) is 0.342. The molecule has 3 heterocycles. The zero-order chi connectivity index (χ0) is 22.3. The molecule has 1 aliphatic rings. The summed E-state index contributed by atoms with van der Waals surface area (Å²) in [6.07, 6.45) is -1.25. The average Bonchev–Trinajstić information content (AvgIpc) is 3.27. The first-order chi connectivity index (χ1) is 14.5. The van der Waals surface area contributed by atoms with E-state index >= 15 is 4.39 Å². The number of aromatic amines is 1. The Morgan fingerprint density at radius 2 is 1.84 bits per heavy atom. The van der Waals surface area contributed by atoms with E-state index in [1.165, 1.54) is 6.07 Å². The van der Waals surface area contributed by atoms with E-state index in [1.807, 2.05) is 25.3 Å². The van der Waals surface area contributed by atoms with Gasteiger partial charge in [0, 0.05) is 34.6 Å². The predicted octanol–water partition coefficient (Wildman–Crippen LogP) is 6.46. The van der Waals surface area contributed by atoms with Crippen LogP contribution in [-0.2, 0) is 11.7 Å².